The van der Waals surface area contributed by atoms with Crippen LogP contribution in [0.15, 0.2) is 12.2 Å². The van der Waals surface area contributed by atoms with E-state index in [1.54, 1.807) is 0 Å². The number of ketones is 1. The van der Waals surface area contributed by atoms with Gasteiger partial charge >= 0.3 is 0 Å². The van der Waals surface area contributed by atoms with Gasteiger partial charge in [0, 0.05) is 13.0 Å². The van der Waals surface area contributed by atoms with Gasteiger partial charge < -0.3 is 4.74 Å². The van der Waals surface area contributed by atoms with E-state index in [9.17, 15) is 4.79 Å². The Hall–Kier alpha value is -0.630. The van der Waals surface area contributed by atoms with Gasteiger partial charge in [-0.2, -0.15) is 0 Å². The number of carbonyl (C=O) groups is 1. The van der Waals surface area contributed by atoms with Crippen molar-refractivity contribution in [3.05, 3.63) is 12.2 Å². The lowest BCUT2D eigenvalue weighted by Crippen LogP contribution is -2.32. The molecule has 17 heavy (non-hydrogen) atoms. The van der Waals surface area contributed by atoms with E-state index < -0.39 is 0 Å². The van der Waals surface area contributed by atoms with Gasteiger partial charge in [0.1, 0.15) is 0 Å². The second kappa shape index (κ2) is 5.81. The van der Waals surface area contributed by atoms with Crippen LogP contribution in [-0.2, 0) is 9.53 Å². The van der Waals surface area contributed by atoms with Crippen LogP contribution in [0.4, 0.5) is 0 Å². The van der Waals surface area contributed by atoms with Crippen LogP contribution in [0.25, 0.3) is 0 Å². The minimum atomic E-state index is 0.303. The molecule has 2 heteroatoms. The van der Waals surface area contributed by atoms with E-state index in [1.807, 2.05) is 6.08 Å². The van der Waals surface area contributed by atoms with Crippen molar-refractivity contribution in [3.8, 4) is 0 Å². The zero-order chi connectivity index (χ0) is 12.1. The summed E-state index contributed by atoms with van der Waals surface area (Å²) >= 11 is 0. The van der Waals surface area contributed by atoms with Crippen LogP contribution in [0.5, 0.6) is 0 Å². The molecule has 2 nitrogen and oxygen atoms in total. The zero-order valence-electron chi connectivity index (χ0n) is 10.9. The number of hydrogen-bond acceptors (Lipinski definition) is 2. The highest BCUT2D eigenvalue weighted by Crippen LogP contribution is 2.44. The first-order valence-electron chi connectivity index (χ1n) is 7.08. The van der Waals surface area contributed by atoms with Gasteiger partial charge in [-0.1, -0.05) is 19.4 Å². The molecular weight excluding hydrogens is 212 g/mol. The molecule has 0 saturated heterocycles. The molecule has 0 aliphatic heterocycles. The van der Waals surface area contributed by atoms with Crippen molar-refractivity contribution in [2.75, 3.05) is 6.61 Å². The number of rotatable bonds is 4. The van der Waals surface area contributed by atoms with Crippen LogP contribution >= 0.6 is 0 Å². The first-order chi connectivity index (χ1) is 8.24. The first-order valence-corrected chi connectivity index (χ1v) is 7.08. The van der Waals surface area contributed by atoms with Crippen LogP contribution in [-0.4, -0.2) is 18.5 Å². The molecule has 0 aromatic rings. The number of allylic oxidation sites excluding steroid dienone is 2. The third-order valence-electron chi connectivity index (χ3n) is 4.27. The molecule has 0 atom stereocenters. The molecular formula is C15H24O2. The van der Waals surface area contributed by atoms with Gasteiger partial charge in [0.15, 0.2) is 5.78 Å². The molecule has 2 rings (SSSR count). The first kappa shape index (κ1) is 12.8. The van der Waals surface area contributed by atoms with Gasteiger partial charge in [-0.3, -0.25) is 4.79 Å². The van der Waals surface area contributed by atoms with Crippen molar-refractivity contribution in [1.29, 1.82) is 0 Å². The van der Waals surface area contributed by atoms with Gasteiger partial charge in [0.2, 0.25) is 0 Å². The topological polar surface area (TPSA) is 26.3 Å². The highest BCUT2D eigenvalue weighted by molar-refractivity contribution is 5.90. The molecule has 0 unspecified atom stereocenters. The van der Waals surface area contributed by atoms with Gasteiger partial charge in [0.25, 0.3) is 0 Å². The predicted octanol–water partition coefficient (Wildman–Crippen LogP) is 3.65. The third-order valence-corrected chi connectivity index (χ3v) is 4.27. The lowest BCUT2D eigenvalue weighted by atomic mass is 9.68. The molecule has 0 N–H and O–H groups in total. The summed E-state index contributed by atoms with van der Waals surface area (Å²) in [5, 5.41) is 0. The highest BCUT2D eigenvalue weighted by Gasteiger charge is 2.35. The molecule has 1 spiro atoms. The van der Waals surface area contributed by atoms with Crippen molar-refractivity contribution >= 4 is 5.78 Å². The van der Waals surface area contributed by atoms with Crippen LogP contribution in [0.3, 0.4) is 0 Å². The quantitative estimate of drug-likeness (QED) is 0.696. The SMILES string of the molecule is CCCCOC1CCC2(C=CC(=O)CC2)CC1. The Kier molecular flexibility index (Phi) is 4.38. The molecule has 0 aromatic heterocycles. The fourth-order valence-corrected chi connectivity index (χ4v) is 2.95. The number of unbranched alkanes of at least 4 members (excludes halogenated alkanes) is 1. The number of carbonyl (C=O) groups excluding carboxylic acids is 1. The predicted molar refractivity (Wildman–Crippen MR) is 68.9 cm³/mol. The Labute approximate surface area is 104 Å². The largest absolute Gasteiger partial charge is 0.378 e. The van der Waals surface area contributed by atoms with Gasteiger partial charge in [-0.05, 0) is 50.0 Å². The maximum atomic E-state index is 11.2. The Morgan fingerprint density at radius 3 is 2.71 bits per heavy atom. The summed E-state index contributed by atoms with van der Waals surface area (Å²) in [6.45, 7) is 3.12. The fourth-order valence-electron chi connectivity index (χ4n) is 2.95. The Morgan fingerprint density at radius 1 is 1.35 bits per heavy atom. The standard InChI is InChI=1S/C15H24O2/c1-2-3-12-17-14-6-10-15(11-7-14)8-4-13(16)5-9-15/h4,8,14H,2-3,5-7,9-12H2,1H3. The zero-order valence-corrected chi connectivity index (χ0v) is 10.9. The van der Waals surface area contributed by atoms with Gasteiger partial charge in [0.05, 0.1) is 6.10 Å². The van der Waals surface area contributed by atoms with Crippen molar-refractivity contribution in [2.24, 2.45) is 5.41 Å². The second-order valence-electron chi connectivity index (χ2n) is 5.59. The van der Waals surface area contributed by atoms with E-state index >= 15 is 0 Å². The molecule has 0 amide bonds. The molecule has 2 aliphatic rings. The number of ether oxygens (including phenoxy) is 1. The normalized spacial score (nSPS) is 33.2. The van der Waals surface area contributed by atoms with Crippen molar-refractivity contribution in [2.45, 2.75) is 64.4 Å². The van der Waals surface area contributed by atoms with Crippen molar-refractivity contribution < 1.29 is 9.53 Å². The second-order valence-corrected chi connectivity index (χ2v) is 5.59. The van der Waals surface area contributed by atoms with E-state index in [4.69, 9.17) is 4.74 Å². The summed E-state index contributed by atoms with van der Waals surface area (Å²) in [7, 11) is 0. The summed E-state index contributed by atoms with van der Waals surface area (Å²) in [4.78, 5) is 11.2. The number of hydrogen-bond donors (Lipinski definition) is 0. The lowest BCUT2D eigenvalue weighted by Gasteiger charge is -2.39. The third kappa shape index (κ3) is 3.41. The Bertz CT molecular complexity index is 285. The van der Waals surface area contributed by atoms with Crippen molar-refractivity contribution in [3.63, 3.8) is 0 Å². The fraction of sp³-hybridized carbons (Fsp3) is 0.800. The highest BCUT2D eigenvalue weighted by atomic mass is 16.5. The summed E-state index contributed by atoms with van der Waals surface area (Å²) in [6.07, 6.45) is 13.4. The minimum Gasteiger partial charge on any atom is -0.378 e. The van der Waals surface area contributed by atoms with E-state index in [0.29, 0.717) is 17.3 Å². The van der Waals surface area contributed by atoms with E-state index in [-0.39, 0.29) is 0 Å². The van der Waals surface area contributed by atoms with Gasteiger partial charge in [-0.15, -0.1) is 0 Å². The summed E-state index contributed by atoms with van der Waals surface area (Å²) < 4.78 is 5.89. The Morgan fingerprint density at radius 2 is 2.12 bits per heavy atom. The average Bonchev–Trinajstić information content (AvgIpc) is 2.36. The Balaban J connectivity index is 1.77. The molecule has 1 saturated carbocycles. The smallest absolute Gasteiger partial charge is 0.155 e. The van der Waals surface area contributed by atoms with E-state index in [1.165, 1.54) is 38.5 Å². The monoisotopic (exact) mass is 236 g/mol. The van der Waals surface area contributed by atoms with Crippen LogP contribution in [0, 0.1) is 5.41 Å². The average molecular weight is 236 g/mol. The maximum Gasteiger partial charge on any atom is 0.155 e. The summed E-state index contributed by atoms with van der Waals surface area (Å²) in [5.41, 5.74) is 0.332. The minimum absolute atomic E-state index is 0.303. The molecule has 0 radical (unpaired) electrons. The molecule has 2 aliphatic carbocycles. The molecule has 0 aromatic carbocycles. The van der Waals surface area contributed by atoms with Crippen LogP contribution < -0.4 is 0 Å². The molecule has 1 fully saturated rings. The van der Waals surface area contributed by atoms with Crippen molar-refractivity contribution in [1.82, 2.24) is 0 Å². The van der Waals surface area contributed by atoms with Crippen LogP contribution in [0.1, 0.15) is 58.3 Å². The van der Waals surface area contributed by atoms with E-state index in [0.717, 1.165) is 19.4 Å². The maximum absolute atomic E-state index is 11.2. The molecule has 0 heterocycles. The lowest BCUT2D eigenvalue weighted by molar-refractivity contribution is -0.116. The summed E-state index contributed by atoms with van der Waals surface area (Å²) in [6, 6.07) is 0. The van der Waals surface area contributed by atoms with E-state index in [2.05, 4.69) is 13.0 Å². The summed E-state index contributed by atoms with van der Waals surface area (Å²) in [5.74, 6) is 0.303. The molecule has 0 bridgehead atoms. The van der Waals surface area contributed by atoms with Crippen LogP contribution in [0.2, 0.25) is 0 Å². The molecule has 96 valence electrons. The van der Waals surface area contributed by atoms with Gasteiger partial charge in [-0.25, -0.2) is 0 Å².